The third-order valence-electron chi connectivity index (χ3n) is 0.640. The van der Waals surface area contributed by atoms with E-state index in [-0.39, 0.29) is 41.9 Å². The van der Waals surface area contributed by atoms with Crippen molar-refractivity contribution in [2.45, 2.75) is 13.3 Å². The molecule has 0 aromatic rings. The molecule has 48 valence electrons. The number of hydrogen-bond donors (Lipinski definition) is 0. The molecule has 0 aromatic carbocycles. The van der Waals surface area contributed by atoms with Crippen LogP contribution in [0.25, 0.3) is 0 Å². The molecular weight excluding hydrogens is 131 g/mol. The Kier molecular flexibility index (Phi) is 10.7. The number of carbonyl (C=O) groups is 2. The summed E-state index contributed by atoms with van der Waals surface area (Å²) in [6, 6.07) is 0. The van der Waals surface area contributed by atoms with E-state index in [1.807, 2.05) is 0 Å². The summed E-state index contributed by atoms with van der Waals surface area (Å²) in [4.78, 5) is 19.6. The topological polar surface area (TPSA) is 43.4 Å². The van der Waals surface area contributed by atoms with E-state index in [1.165, 1.54) is 6.92 Å². The molecule has 9 heavy (non-hydrogen) atoms. The van der Waals surface area contributed by atoms with Gasteiger partial charge in [-0.1, -0.05) is 0 Å². The molecule has 0 amide bonds. The van der Waals surface area contributed by atoms with E-state index in [9.17, 15) is 9.59 Å². The summed E-state index contributed by atoms with van der Waals surface area (Å²) >= 11 is 0. The maximum absolute atomic E-state index is 10.1. The van der Waals surface area contributed by atoms with Crippen molar-refractivity contribution in [3.8, 4) is 0 Å². The average Bonchev–Trinajstić information content (AvgIpc) is 1.66. The average molecular weight is 140 g/mol. The second kappa shape index (κ2) is 8.14. The van der Waals surface area contributed by atoms with Crippen LogP contribution in [0.2, 0.25) is 0 Å². The van der Waals surface area contributed by atoms with Gasteiger partial charge in [0.1, 0.15) is 5.78 Å². The predicted molar refractivity (Wildman–Crippen MR) is 34.5 cm³/mol. The van der Waals surface area contributed by atoms with Crippen molar-refractivity contribution in [2.75, 3.05) is 6.61 Å². The summed E-state index contributed by atoms with van der Waals surface area (Å²) in [6.07, 6.45) is 0.318. The molecule has 0 atom stereocenters. The van der Waals surface area contributed by atoms with Gasteiger partial charge in [-0.05, 0) is 6.92 Å². The Labute approximate surface area is 76.0 Å². The first-order valence-electron chi connectivity index (χ1n) is 2.32. The molecule has 3 nitrogen and oxygen atoms in total. The molecule has 0 aliphatic rings. The second-order valence-electron chi connectivity index (χ2n) is 1.42. The van der Waals surface area contributed by atoms with E-state index < -0.39 is 0 Å². The van der Waals surface area contributed by atoms with Crippen LogP contribution >= 0.6 is 0 Å². The molecule has 0 aliphatic carbocycles. The zero-order chi connectivity index (χ0) is 6.41. The maximum atomic E-state index is 10.1. The van der Waals surface area contributed by atoms with Crippen molar-refractivity contribution < 1.29 is 14.3 Å². The molecule has 0 aliphatic heterocycles. The quantitative estimate of drug-likeness (QED) is 0.300. The summed E-state index contributed by atoms with van der Waals surface area (Å²) in [5.74, 6) is 0.0341. The molecule has 0 fully saturated rings. The van der Waals surface area contributed by atoms with Gasteiger partial charge in [0.15, 0.2) is 0 Å². The second-order valence-corrected chi connectivity index (χ2v) is 1.42. The van der Waals surface area contributed by atoms with E-state index in [4.69, 9.17) is 0 Å². The van der Waals surface area contributed by atoms with E-state index in [1.54, 1.807) is 0 Å². The van der Waals surface area contributed by atoms with Gasteiger partial charge in [-0.2, -0.15) is 0 Å². The first-order valence-corrected chi connectivity index (χ1v) is 2.32. The van der Waals surface area contributed by atoms with Gasteiger partial charge in [-0.25, -0.2) is 0 Å². The Balaban J connectivity index is 0. The van der Waals surface area contributed by atoms with Crippen LogP contribution in [0.1, 0.15) is 13.3 Å². The van der Waals surface area contributed by atoms with E-state index >= 15 is 0 Å². The van der Waals surface area contributed by atoms with E-state index in [0.717, 1.165) is 0 Å². The van der Waals surface area contributed by atoms with Crippen molar-refractivity contribution in [3.63, 3.8) is 0 Å². The van der Waals surface area contributed by atoms with Gasteiger partial charge in [0.25, 0.3) is 6.47 Å². The van der Waals surface area contributed by atoms with Crippen LogP contribution in [0.4, 0.5) is 0 Å². The Hall–Kier alpha value is 0.140. The first kappa shape index (κ1) is 11.9. The summed E-state index contributed by atoms with van der Waals surface area (Å²) in [5, 5.41) is 0. The van der Waals surface area contributed by atoms with Crippen molar-refractivity contribution in [3.05, 3.63) is 0 Å². The Bertz CT molecular complexity index is 92.2. The molecule has 4 heteroatoms. The van der Waals surface area contributed by atoms with Gasteiger partial charge >= 0.3 is 29.6 Å². The minimum atomic E-state index is 0. The fourth-order valence-electron chi connectivity index (χ4n) is 0.251. The van der Waals surface area contributed by atoms with Gasteiger partial charge in [-0.15, -0.1) is 0 Å². The zero-order valence-electron chi connectivity index (χ0n) is 4.72. The first-order chi connectivity index (χ1) is 3.77. The molecule has 0 heterocycles. The van der Waals surface area contributed by atoms with Crippen LogP contribution in [-0.2, 0) is 14.3 Å². The van der Waals surface area contributed by atoms with Crippen LogP contribution in [0.3, 0.4) is 0 Å². The number of ether oxygens (including phenoxy) is 1. The van der Waals surface area contributed by atoms with Crippen LogP contribution in [0.5, 0.6) is 0 Å². The number of Topliss-reactive ketones (excluding diaryl/α,β-unsaturated/α-hetero) is 1. The molecule has 0 radical (unpaired) electrons. The molecule has 0 spiro atoms. The van der Waals surface area contributed by atoms with E-state index in [0.29, 0.717) is 12.9 Å². The molecule has 0 saturated heterocycles. The Morgan fingerprint density at radius 1 is 1.67 bits per heavy atom. The van der Waals surface area contributed by atoms with Crippen molar-refractivity contribution in [2.24, 2.45) is 0 Å². The Morgan fingerprint density at radius 2 is 2.22 bits per heavy atom. The fourth-order valence-corrected chi connectivity index (χ4v) is 0.251. The number of ketones is 1. The SMILES string of the molecule is CC(=O)CCOC=O.[NaH]. The van der Waals surface area contributed by atoms with Crippen LogP contribution in [0.15, 0.2) is 0 Å². The van der Waals surface area contributed by atoms with Crippen molar-refractivity contribution in [1.29, 1.82) is 0 Å². The zero-order valence-corrected chi connectivity index (χ0v) is 4.72. The van der Waals surface area contributed by atoms with Crippen LogP contribution in [0, 0.1) is 0 Å². The van der Waals surface area contributed by atoms with Gasteiger partial charge < -0.3 is 4.74 Å². The Morgan fingerprint density at radius 3 is 2.56 bits per heavy atom. The van der Waals surface area contributed by atoms with Crippen LogP contribution in [-0.4, -0.2) is 48.4 Å². The van der Waals surface area contributed by atoms with Gasteiger partial charge in [-0.3, -0.25) is 9.59 Å². The van der Waals surface area contributed by atoms with Crippen LogP contribution < -0.4 is 0 Å². The minimum absolute atomic E-state index is 0. The number of rotatable bonds is 4. The molecular formula is C5H9NaO3. The molecule has 0 rings (SSSR count). The molecule has 0 N–H and O–H groups in total. The standard InChI is InChI=1S/C5H8O3.Na.H/c1-5(7)2-3-8-4-6;;/h4H,2-3H2,1H3;;. The van der Waals surface area contributed by atoms with Crippen molar-refractivity contribution >= 4 is 41.8 Å². The summed E-state index contributed by atoms with van der Waals surface area (Å²) in [5.41, 5.74) is 0. The summed E-state index contributed by atoms with van der Waals surface area (Å²) in [6.45, 7) is 2.00. The van der Waals surface area contributed by atoms with Gasteiger partial charge in [0.05, 0.1) is 6.61 Å². The van der Waals surface area contributed by atoms with E-state index in [2.05, 4.69) is 4.74 Å². The monoisotopic (exact) mass is 140 g/mol. The summed E-state index contributed by atoms with van der Waals surface area (Å²) < 4.78 is 4.24. The third-order valence-corrected chi connectivity index (χ3v) is 0.640. The number of hydrogen-bond acceptors (Lipinski definition) is 3. The fraction of sp³-hybridized carbons (Fsp3) is 0.600. The molecule has 0 saturated carbocycles. The third kappa shape index (κ3) is 11.6. The summed E-state index contributed by atoms with van der Waals surface area (Å²) in [7, 11) is 0. The molecule has 0 aromatic heterocycles. The normalized spacial score (nSPS) is 7.22. The van der Waals surface area contributed by atoms with Gasteiger partial charge in [0.2, 0.25) is 0 Å². The number of carbonyl (C=O) groups excluding carboxylic acids is 2. The van der Waals surface area contributed by atoms with Gasteiger partial charge in [0, 0.05) is 6.42 Å². The van der Waals surface area contributed by atoms with Crippen molar-refractivity contribution in [1.82, 2.24) is 0 Å². The molecule has 0 unspecified atom stereocenters. The predicted octanol–water partition coefficient (Wildman–Crippen LogP) is -0.510. The molecule has 0 bridgehead atoms.